The van der Waals surface area contributed by atoms with Crippen molar-refractivity contribution < 1.29 is 13.2 Å². The van der Waals surface area contributed by atoms with Gasteiger partial charge in [-0.05, 0) is 30.4 Å². The van der Waals surface area contributed by atoms with Crippen LogP contribution in [0.4, 0.5) is 5.69 Å². The minimum atomic E-state index is -3.14. The first-order chi connectivity index (χ1) is 9.30. The second-order valence-electron chi connectivity index (χ2n) is 5.11. The average molecular weight is 297 g/mol. The van der Waals surface area contributed by atoms with E-state index in [2.05, 4.69) is 0 Å². The number of amides is 1. The van der Waals surface area contributed by atoms with Gasteiger partial charge < -0.3 is 11.5 Å². The number of para-hydroxylation sites is 1. The van der Waals surface area contributed by atoms with E-state index in [0.29, 0.717) is 37.2 Å². The number of carbonyl (C=O) groups is 1. The third-order valence-corrected chi connectivity index (χ3v) is 5.07. The predicted molar refractivity (Wildman–Crippen MR) is 77.8 cm³/mol. The normalized spacial score (nSPS) is 18.1. The van der Waals surface area contributed by atoms with E-state index in [-0.39, 0.29) is 5.92 Å². The largest absolute Gasteiger partial charge is 0.398 e. The molecule has 1 aromatic carbocycles. The lowest BCUT2D eigenvalue weighted by Crippen LogP contribution is -2.37. The smallest absolute Gasteiger partial charge is 0.250 e. The van der Waals surface area contributed by atoms with Crippen LogP contribution in [0.25, 0.3) is 0 Å². The van der Waals surface area contributed by atoms with Crippen LogP contribution in [-0.2, 0) is 10.0 Å². The number of hydrogen-bond acceptors (Lipinski definition) is 4. The number of rotatable bonds is 3. The van der Waals surface area contributed by atoms with Crippen LogP contribution < -0.4 is 11.5 Å². The lowest BCUT2D eigenvalue weighted by Gasteiger charge is -2.31. The van der Waals surface area contributed by atoms with Crippen molar-refractivity contribution in [2.75, 3.05) is 25.1 Å². The van der Waals surface area contributed by atoms with Gasteiger partial charge in [0.05, 0.1) is 11.8 Å². The molecule has 1 aliphatic heterocycles. The molecule has 0 spiro atoms. The average Bonchev–Trinajstić information content (AvgIpc) is 2.38. The van der Waals surface area contributed by atoms with Crippen LogP contribution in [0.5, 0.6) is 0 Å². The maximum atomic E-state index is 11.5. The van der Waals surface area contributed by atoms with Gasteiger partial charge in [-0.2, -0.15) is 0 Å². The lowest BCUT2D eigenvalue weighted by atomic mass is 9.88. The first kappa shape index (κ1) is 14.8. The van der Waals surface area contributed by atoms with Gasteiger partial charge in [-0.15, -0.1) is 0 Å². The molecule has 1 amide bonds. The number of carbonyl (C=O) groups excluding carboxylic acids is 1. The summed E-state index contributed by atoms with van der Waals surface area (Å²) in [5.74, 6) is -0.384. The molecule has 0 aliphatic carbocycles. The molecule has 7 heteroatoms. The molecule has 0 bridgehead atoms. The summed E-state index contributed by atoms with van der Waals surface area (Å²) in [7, 11) is -3.14. The van der Waals surface area contributed by atoms with Gasteiger partial charge in [0.25, 0.3) is 5.91 Å². The Hall–Kier alpha value is -1.60. The lowest BCUT2D eigenvalue weighted by molar-refractivity contribution is 0.100. The third kappa shape index (κ3) is 2.94. The number of sulfonamides is 1. The number of hydrogen-bond donors (Lipinski definition) is 2. The number of benzene rings is 1. The number of anilines is 1. The summed E-state index contributed by atoms with van der Waals surface area (Å²) in [5, 5.41) is 0. The summed E-state index contributed by atoms with van der Waals surface area (Å²) in [6.07, 6.45) is 2.61. The number of nitrogen functional groups attached to an aromatic ring is 1. The molecular formula is C13H19N3O3S. The summed E-state index contributed by atoms with van der Waals surface area (Å²) in [6, 6.07) is 5.24. The second kappa shape index (κ2) is 5.41. The van der Waals surface area contributed by atoms with Crippen molar-refractivity contribution >= 4 is 21.6 Å². The van der Waals surface area contributed by atoms with Crippen molar-refractivity contribution in [3.05, 3.63) is 29.3 Å². The van der Waals surface area contributed by atoms with E-state index in [1.807, 2.05) is 6.07 Å². The van der Waals surface area contributed by atoms with E-state index < -0.39 is 15.9 Å². The molecule has 2 rings (SSSR count). The number of nitrogens with zero attached hydrogens (tertiary/aromatic N) is 1. The highest BCUT2D eigenvalue weighted by molar-refractivity contribution is 7.88. The van der Waals surface area contributed by atoms with Crippen molar-refractivity contribution in [3.8, 4) is 0 Å². The van der Waals surface area contributed by atoms with Gasteiger partial charge in [-0.25, -0.2) is 12.7 Å². The molecule has 1 aromatic rings. The monoisotopic (exact) mass is 297 g/mol. The van der Waals surface area contributed by atoms with Gasteiger partial charge in [-0.1, -0.05) is 12.1 Å². The van der Waals surface area contributed by atoms with Crippen LogP contribution >= 0.6 is 0 Å². The summed E-state index contributed by atoms with van der Waals surface area (Å²) < 4.78 is 24.4. The molecule has 0 aromatic heterocycles. The molecule has 6 nitrogen and oxygen atoms in total. The zero-order valence-electron chi connectivity index (χ0n) is 11.4. The number of piperidine rings is 1. The van der Waals surface area contributed by atoms with Gasteiger partial charge in [0.1, 0.15) is 0 Å². The Morgan fingerprint density at radius 3 is 2.40 bits per heavy atom. The van der Waals surface area contributed by atoms with Crippen LogP contribution in [0.2, 0.25) is 0 Å². The summed E-state index contributed by atoms with van der Waals surface area (Å²) >= 11 is 0. The van der Waals surface area contributed by atoms with Crippen molar-refractivity contribution in [3.63, 3.8) is 0 Å². The van der Waals surface area contributed by atoms with E-state index in [1.165, 1.54) is 10.6 Å². The highest BCUT2D eigenvalue weighted by Crippen LogP contribution is 2.33. The fourth-order valence-corrected chi connectivity index (χ4v) is 3.53. The Bertz CT molecular complexity index is 620. The Morgan fingerprint density at radius 1 is 1.30 bits per heavy atom. The predicted octanol–water partition coefficient (Wildman–Crippen LogP) is 0.507. The molecule has 0 atom stereocenters. The Labute approximate surface area is 118 Å². The molecular weight excluding hydrogens is 278 g/mol. The standard InChI is InChI=1S/C13H19N3O3S/c1-20(18,19)16-7-5-9(6-8-16)10-3-2-4-11(12(10)14)13(15)17/h2-4,9H,5-8,14H2,1H3,(H2,15,17). The van der Waals surface area contributed by atoms with Gasteiger partial charge in [0, 0.05) is 18.8 Å². The molecule has 0 saturated carbocycles. The van der Waals surface area contributed by atoms with E-state index in [9.17, 15) is 13.2 Å². The topological polar surface area (TPSA) is 106 Å². The fourth-order valence-electron chi connectivity index (χ4n) is 2.65. The first-order valence-electron chi connectivity index (χ1n) is 6.44. The molecule has 0 unspecified atom stereocenters. The zero-order valence-corrected chi connectivity index (χ0v) is 12.2. The summed E-state index contributed by atoms with van der Waals surface area (Å²) in [5.41, 5.74) is 12.9. The zero-order chi connectivity index (χ0) is 14.9. The minimum absolute atomic E-state index is 0.160. The fraction of sp³-hybridized carbons (Fsp3) is 0.462. The van der Waals surface area contributed by atoms with E-state index in [4.69, 9.17) is 11.5 Å². The molecule has 110 valence electrons. The van der Waals surface area contributed by atoms with Crippen LogP contribution in [0.15, 0.2) is 18.2 Å². The SMILES string of the molecule is CS(=O)(=O)N1CCC(c2cccc(C(N)=O)c2N)CC1. The Balaban J connectivity index is 2.19. The van der Waals surface area contributed by atoms with Crippen LogP contribution in [0.3, 0.4) is 0 Å². The number of nitrogens with two attached hydrogens (primary N) is 2. The summed E-state index contributed by atoms with van der Waals surface area (Å²) in [6.45, 7) is 0.952. The van der Waals surface area contributed by atoms with Crippen LogP contribution in [0, 0.1) is 0 Å². The minimum Gasteiger partial charge on any atom is -0.398 e. The molecule has 0 radical (unpaired) electrons. The van der Waals surface area contributed by atoms with Gasteiger partial charge in [-0.3, -0.25) is 4.79 Å². The number of primary amides is 1. The van der Waals surface area contributed by atoms with Crippen molar-refractivity contribution in [1.82, 2.24) is 4.31 Å². The van der Waals surface area contributed by atoms with Crippen LogP contribution in [-0.4, -0.2) is 38.0 Å². The molecule has 1 heterocycles. The third-order valence-electron chi connectivity index (χ3n) is 3.77. The Morgan fingerprint density at radius 2 is 1.90 bits per heavy atom. The van der Waals surface area contributed by atoms with Crippen molar-refractivity contribution in [2.24, 2.45) is 5.73 Å². The van der Waals surface area contributed by atoms with Crippen molar-refractivity contribution in [1.29, 1.82) is 0 Å². The molecule has 4 N–H and O–H groups in total. The van der Waals surface area contributed by atoms with E-state index in [1.54, 1.807) is 12.1 Å². The quantitative estimate of drug-likeness (QED) is 0.792. The maximum Gasteiger partial charge on any atom is 0.250 e. The van der Waals surface area contributed by atoms with Crippen LogP contribution in [0.1, 0.15) is 34.7 Å². The van der Waals surface area contributed by atoms with Gasteiger partial charge in [0.15, 0.2) is 0 Å². The molecule has 1 aliphatic rings. The van der Waals surface area contributed by atoms with E-state index >= 15 is 0 Å². The Kier molecular flexibility index (Phi) is 4.01. The highest BCUT2D eigenvalue weighted by Gasteiger charge is 2.27. The van der Waals surface area contributed by atoms with Crippen molar-refractivity contribution in [2.45, 2.75) is 18.8 Å². The molecule has 1 saturated heterocycles. The first-order valence-corrected chi connectivity index (χ1v) is 8.29. The molecule has 20 heavy (non-hydrogen) atoms. The van der Waals surface area contributed by atoms with Gasteiger partial charge >= 0.3 is 0 Å². The molecule has 1 fully saturated rings. The van der Waals surface area contributed by atoms with Gasteiger partial charge in [0.2, 0.25) is 10.0 Å². The second-order valence-corrected chi connectivity index (χ2v) is 7.09. The summed E-state index contributed by atoms with van der Waals surface area (Å²) in [4.78, 5) is 11.3. The highest BCUT2D eigenvalue weighted by atomic mass is 32.2. The maximum absolute atomic E-state index is 11.5. The van der Waals surface area contributed by atoms with E-state index in [0.717, 1.165) is 5.56 Å².